The van der Waals surface area contributed by atoms with E-state index in [-0.39, 0.29) is 0 Å². The van der Waals surface area contributed by atoms with Crippen LogP contribution in [0.1, 0.15) is 16.7 Å². The van der Waals surface area contributed by atoms with Crippen molar-refractivity contribution in [1.29, 1.82) is 0 Å². The summed E-state index contributed by atoms with van der Waals surface area (Å²) < 4.78 is 1.56. The van der Waals surface area contributed by atoms with E-state index in [1.807, 2.05) is 0 Å². The van der Waals surface area contributed by atoms with Crippen molar-refractivity contribution >= 4 is 22.9 Å². The van der Waals surface area contributed by atoms with E-state index in [0.29, 0.717) is 10.7 Å². The van der Waals surface area contributed by atoms with Crippen LogP contribution in [-0.4, -0.2) is 19.9 Å². The zero-order chi connectivity index (χ0) is 10.1. The monoisotopic (exact) mass is 229 g/mol. The molecule has 0 spiro atoms. The molecule has 0 aliphatic heterocycles. The number of aliphatic hydroxyl groups excluding tert-OH is 1. The minimum absolute atomic E-state index is 0.466. The molecule has 0 radical (unpaired) electrons. The average molecular weight is 230 g/mol. The van der Waals surface area contributed by atoms with Crippen molar-refractivity contribution in [3.8, 4) is 0 Å². The second-order valence-corrected chi connectivity index (χ2v) is 4.13. The highest BCUT2D eigenvalue weighted by Crippen LogP contribution is 2.29. The molecule has 0 aliphatic rings. The van der Waals surface area contributed by atoms with E-state index in [0.717, 1.165) is 4.88 Å². The molecule has 4 nitrogen and oxygen atoms in total. The van der Waals surface area contributed by atoms with Gasteiger partial charge in [0.2, 0.25) is 0 Å². The predicted molar refractivity (Wildman–Crippen MR) is 54.4 cm³/mol. The third kappa shape index (κ3) is 1.54. The standard InChI is InChI=1S/C8H8ClN3OS/c1-12-7(5(9)2-11-12)8(13)6-3-10-4-14-6/h2-4,8,13H,1H3. The van der Waals surface area contributed by atoms with Crippen LogP contribution in [0.25, 0.3) is 0 Å². The fraction of sp³-hybridized carbons (Fsp3) is 0.250. The predicted octanol–water partition coefficient (Wildman–Crippen LogP) is 1.61. The fourth-order valence-electron chi connectivity index (χ4n) is 1.22. The summed E-state index contributed by atoms with van der Waals surface area (Å²) in [7, 11) is 1.74. The summed E-state index contributed by atoms with van der Waals surface area (Å²) in [5.74, 6) is 0. The first-order chi connectivity index (χ1) is 6.70. The Bertz CT molecular complexity index is 406. The van der Waals surface area contributed by atoms with Crippen molar-refractivity contribution in [3.05, 3.63) is 33.5 Å². The zero-order valence-corrected chi connectivity index (χ0v) is 8.96. The molecule has 14 heavy (non-hydrogen) atoms. The van der Waals surface area contributed by atoms with Crippen molar-refractivity contribution in [2.75, 3.05) is 0 Å². The number of nitrogens with zero attached hydrogens (tertiary/aromatic N) is 3. The largest absolute Gasteiger partial charge is 0.381 e. The van der Waals surface area contributed by atoms with Crippen LogP contribution in [0.4, 0.5) is 0 Å². The Morgan fingerprint density at radius 3 is 2.86 bits per heavy atom. The van der Waals surface area contributed by atoms with Gasteiger partial charge < -0.3 is 5.11 Å². The van der Waals surface area contributed by atoms with Crippen LogP contribution in [-0.2, 0) is 7.05 Å². The number of hydrogen-bond acceptors (Lipinski definition) is 4. The zero-order valence-electron chi connectivity index (χ0n) is 7.38. The van der Waals surface area contributed by atoms with Gasteiger partial charge >= 0.3 is 0 Å². The van der Waals surface area contributed by atoms with Crippen molar-refractivity contribution in [2.24, 2.45) is 7.05 Å². The lowest BCUT2D eigenvalue weighted by molar-refractivity contribution is 0.213. The van der Waals surface area contributed by atoms with E-state index < -0.39 is 6.10 Å². The lowest BCUT2D eigenvalue weighted by Gasteiger charge is -2.08. The van der Waals surface area contributed by atoms with E-state index in [9.17, 15) is 5.11 Å². The Kier molecular flexibility index (Phi) is 2.54. The topological polar surface area (TPSA) is 50.9 Å². The molecule has 2 heterocycles. The van der Waals surface area contributed by atoms with Gasteiger partial charge in [0.05, 0.1) is 27.3 Å². The smallest absolute Gasteiger partial charge is 0.133 e. The third-order valence-corrected chi connectivity index (χ3v) is 3.04. The molecule has 0 fully saturated rings. The second kappa shape index (κ2) is 3.68. The maximum Gasteiger partial charge on any atom is 0.133 e. The molecule has 0 aromatic carbocycles. The molecule has 0 aliphatic carbocycles. The quantitative estimate of drug-likeness (QED) is 0.851. The van der Waals surface area contributed by atoms with Gasteiger partial charge in [-0.25, -0.2) is 0 Å². The van der Waals surface area contributed by atoms with Crippen LogP contribution in [0.15, 0.2) is 17.9 Å². The normalized spacial score (nSPS) is 13.1. The minimum Gasteiger partial charge on any atom is -0.381 e. The lowest BCUT2D eigenvalue weighted by atomic mass is 10.2. The number of halogens is 1. The molecule has 0 saturated carbocycles. The van der Waals surface area contributed by atoms with Gasteiger partial charge in [-0.2, -0.15) is 5.10 Å². The highest BCUT2D eigenvalue weighted by atomic mass is 35.5. The minimum atomic E-state index is -0.748. The molecule has 0 saturated heterocycles. The molecule has 2 aromatic rings. The molecule has 1 unspecified atom stereocenters. The van der Waals surface area contributed by atoms with Crippen molar-refractivity contribution in [1.82, 2.24) is 14.8 Å². The van der Waals surface area contributed by atoms with E-state index in [4.69, 9.17) is 11.6 Å². The summed E-state index contributed by atoms with van der Waals surface area (Å²) >= 11 is 7.28. The van der Waals surface area contributed by atoms with E-state index >= 15 is 0 Å². The molecule has 6 heteroatoms. The molecular formula is C8H8ClN3OS. The Balaban J connectivity index is 2.41. The number of thiazole rings is 1. The van der Waals surface area contributed by atoms with E-state index in [2.05, 4.69) is 10.1 Å². The Labute approximate surface area is 89.8 Å². The van der Waals surface area contributed by atoms with Gasteiger partial charge in [-0.15, -0.1) is 11.3 Å². The van der Waals surface area contributed by atoms with Gasteiger partial charge in [-0.3, -0.25) is 9.67 Å². The third-order valence-electron chi connectivity index (χ3n) is 1.92. The fourth-order valence-corrected chi connectivity index (χ4v) is 2.10. The first-order valence-electron chi connectivity index (χ1n) is 3.94. The first kappa shape index (κ1) is 9.64. The van der Waals surface area contributed by atoms with Crippen LogP contribution < -0.4 is 0 Å². The van der Waals surface area contributed by atoms with Crippen molar-refractivity contribution in [3.63, 3.8) is 0 Å². The summed E-state index contributed by atoms with van der Waals surface area (Å²) in [6, 6.07) is 0. The van der Waals surface area contributed by atoms with Gasteiger partial charge in [-0.1, -0.05) is 11.6 Å². The molecule has 2 aromatic heterocycles. The molecule has 1 atom stereocenters. The summed E-state index contributed by atoms with van der Waals surface area (Å²) in [5.41, 5.74) is 2.26. The van der Waals surface area contributed by atoms with Crippen molar-refractivity contribution < 1.29 is 5.11 Å². The number of rotatable bonds is 2. The van der Waals surface area contributed by atoms with Gasteiger partial charge in [0.1, 0.15) is 6.10 Å². The SMILES string of the molecule is Cn1ncc(Cl)c1C(O)c1cncs1. The van der Waals surface area contributed by atoms with E-state index in [1.54, 1.807) is 23.4 Å². The number of aryl methyl sites for hydroxylation is 1. The first-order valence-corrected chi connectivity index (χ1v) is 5.19. The molecule has 1 N–H and O–H groups in total. The van der Waals surface area contributed by atoms with Gasteiger partial charge in [-0.05, 0) is 0 Å². The number of aromatic nitrogens is 3. The van der Waals surface area contributed by atoms with Gasteiger partial charge in [0.15, 0.2) is 0 Å². The summed E-state index contributed by atoms with van der Waals surface area (Å²) in [5, 5.41) is 14.4. The molecule has 74 valence electrons. The average Bonchev–Trinajstić information content (AvgIpc) is 2.75. The molecule has 2 rings (SSSR count). The van der Waals surface area contributed by atoms with Crippen LogP contribution in [0, 0.1) is 0 Å². The summed E-state index contributed by atoms with van der Waals surface area (Å²) in [4.78, 5) is 4.66. The van der Waals surface area contributed by atoms with Gasteiger partial charge in [0, 0.05) is 13.2 Å². The molecule has 0 amide bonds. The Morgan fingerprint density at radius 2 is 2.36 bits per heavy atom. The summed E-state index contributed by atoms with van der Waals surface area (Å²) in [6.07, 6.45) is 2.39. The lowest BCUT2D eigenvalue weighted by Crippen LogP contribution is -2.05. The van der Waals surface area contributed by atoms with Gasteiger partial charge in [0.25, 0.3) is 0 Å². The van der Waals surface area contributed by atoms with Crippen molar-refractivity contribution in [2.45, 2.75) is 6.10 Å². The highest BCUT2D eigenvalue weighted by molar-refractivity contribution is 7.09. The highest BCUT2D eigenvalue weighted by Gasteiger charge is 2.19. The van der Waals surface area contributed by atoms with Crippen LogP contribution >= 0.6 is 22.9 Å². The maximum atomic E-state index is 9.96. The molecule has 0 bridgehead atoms. The van der Waals surface area contributed by atoms with E-state index in [1.165, 1.54) is 17.5 Å². The number of hydrogen-bond donors (Lipinski definition) is 1. The van der Waals surface area contributed by atoms with Crippen LogP contribution in [0.2, 0.25) is 5.02 Å². The Hall–Kier alpha value is -0.910. The second-order valence-electron chi connectivity index (χ2n) is 2.81. The van der Waals surface area contributed by atoms with Crippen LogP contribution in [0.5, 0.6) is 0 Å². The molecular weight excluding hydrogens is 222 g/mol. The Morgan fingerprint density at radius 1 is 1.57 bits per heavy atom. The van der Waals surface area contributed by atoms with Crippen LogP contribution in [0.3, 0.4) is 0 Å². The number of aliphatic hydroxyl groups is 1. The maximum absolute atomic E-state index is 9.96. The summed E-state index contributed by atoms with van der Waals surface area (Å²) in [6.45, 7) is 0.